The monoisotopic (exact) mass is 441 g/mol. The van der Waals surface area contributed by atoms with E-state index in [1.54, 1.807) is 35.1 Å². The Morgan fingerprint density at radius 3 is 2.52 bits per heavy atom. The van der Waals surface area contributed by atoms with Gasteiger partial charge in [-0.1, -0.05) is 58.4 Å². The van der Waals surface area contributed by atoms with Gasteiger partial charge in [0.15, 0.2) is 0 Å². The fraction of sp³-hybridized carbons (Fsp3) is 0.0500. The second-order valence-corrected chi connectivity index (χ2v) is 8.72. The molecule has 4 aromatic rings. The van der Waals surface area contributed by atoms with E-state index in [2.05, 4.69) is 50.0 Å². The van der Waals surface area contributed by atoms with Crippen LogP contribution in [0.4, 0.5) is 5.69 Å². The number of nitrogens with one attached hydrogen (secondary N) is 1. The first-order valence-electron chi connectivity index (χ1n) is 8.29. The predicted octanol–water partition coefficient (Wildman–Crippen LogP) is 4.65. The third kappa shape index (κ3) is 3.89. The molecule has 0 fully saturated rings. The summed E-state index contributed by atoms with van der Waals surface area (Å²) in [6.07, 6.45) is 3.21. The molecule has 0 aliphatic carbocycles. The lowest BCUT2D eigenvalue weighted by atomic mass is 10.0. The van der Waals surface area contributed by atoms with Crippen molar-refractivity contribution in [3.63, 3.8) is 0 Å². The highest BCUT2D eigenvalue weighted by molar-refractivity contribution is 9.10. The lowest BCUT2D eigenvalue weighted by Crippen LogP contribution is -2.12. The minimum atomic E-state index is -3.65. The largest absolute Gasteiger partial charge is 0.276 e. The highest BCUT2D eigenvalue weighted by Crippen LogP contribution is 2.21. The Balaban J connectivity index is 1.56. The molecule has 1 N–H and O–H groups in total. The van der Waals surface area contributed by atoms with Crippen molar-refractivity contribution in [3.05, 3.63) is 89.2 Å². The highest BCUT2D eigenvalue weighted by Gasteiger charge is 2.15. The molecule has 136 valence electrons. The molecule has 0 amide bonds. The van der Waals surface area contributed by atoms with Gasteiger partial charge in [-0.3, -0.25) is 9.40 Å². The van der Waals surface area contributed by atoms with Crippen molar-refractivity contribution in [2.75, 3.05) is 4.72 Å². The van der Waals surface area contributed by atoms with E-state index >= 15 is 0 Å². The van der Waals surface area contributed by atoms with Crippen LogP contribution < -0.4 is 4.72 Å². The number of halogens is 1. The first kappa shape index (κ1) is 17.8. The molecule has 0 aliphatic heterocycles. The van der Waals surface area contributed by atoms with Crippen LogP contribution >= 0.6 is 15.9 Å². The number of nitrogens with zero attached hydrogens (tertiary/aromatic N) is 2. The van der Waals surface area contributed by atoms with E-state index in [1.165, 1.54) is 11.6 Å². The summed E-state index contributed by atoms with van der Waals surface area (Å²) in [6, 6.07) is 20.8. The predicted molar refractivity (Wildman–Crippen MR) is 110 cm³/mol. The van der Waals surface area contributed by atoms with Crippen LogP contribution in [0.5, 0.6) is 0 Å². The minimum absolute atomic E-state index is 0.201. The fourth-order valence-electron chi connectivity index (χ4n) is 2.94. The molecule has 3 aromatic carbocycles. The Bertz CT molecular complexity index is 1200. The summed E-state index contributed by atoms with van der Waals surface area (Å²) in [5, 5.41) is 6.62. The minimum Gasteiger partial charge on any atom is -0.276 e. The van der Waals surface area contributed by atoms with Crippen molar-refractivity contribution in [1.29, 1.82) is 0 Å². The van der Waals surface area contributed by atoms with Crippen LogP contribution in [0.2, 0.25) is 0 Å². The van der Waals surface area contributed by atoms with Crippen LogP contribution in [0, 0.1) is 0 Å². The molecule has 7 heteroatoms. The van der Waals surface area contributed by atoms with E-state index in [0.29, 0.717) is 12.2 Å². The quantitative estimate of drug-likeness (QED) is 0.490. The normalized spacial score (nSPS) is 11.6. The van der Waals surface area contributed by atoms with Crippen molar-refractivity contribution < 1.29 is 8.42 Å². The maximum Gasteiger partial charge on any atom is 0.261 e. The Kier molecular flexibility index (Phi) is 4.72. The molecule has 1 aromatic heterocycles. The Morgan fingerprint density at radius 1 is 0.963 bits per heavy atom. The van der Waals surface area contributed by atoms with Gasteiger partial charge in [0.05, 0.1) is 23.3 Å². The number of aromatic nitrogens is 2. The van der Waals surface area contributed by atoms with E-state index < -0.39 is 10.0 Å². The van der Waals surface area contributed by atoms with Gasteiger partial charge >= 0.3 is 0 Å². The lowest BCUT2D eigenvalue weighted by Gasteiger charge is -2.07. The molecule has 0 saturated heterocycles. The van der Waals surface area contributed by atoms with Crippen LogP contribution in [-0.2, 0) is 16.6 Å². The topological polar surface area (TPSA) is 64.0 Å². The fourth-order valence-corrected chi connectivity index (χ4v) is 4.23. The number of sulfonamides is 1. The molecule has 0 spiro atoms. The highest BCUT2D eigenvalue weighted by atomic mass is 79.9. The van der Waals surface area contributed by atoms with E-state index in [9.17, 15) is 8.42 Å². The SMILES string of the molecule is O=S(=O)(Nc1cnn(Cc2cccc3ccccc23)c1)c1ccc(Br)cc1. The third-order valence-electron chi connectivity index (χ3n) is 4.22. The smallest absolute Gasteiger partial charge is 0.261 e. The molecule has 0 radical (unpaired) electrons. The van der Waals surface area contributed by atoms with Gasteiger partial charge in [0.25, 0.3) is 10.0 Å². The molecule has 5 nitrogen and oxygen atoms in total. The van der Waals surface area contributed by atoms with E-state index in [4.69, 9.17) is 0 Å². The Labute approximate surface area is 165 Å². The zero-order valence-electron chi connectivity index (χ0n) is 14.2. The maximum atomic E-state index is 12.5. The molecule has 0 aliphatic rings. The number of hydrogen-bond donors (Lipinski definition) is 1. The summed E-state index contributed by atoms with van der Waals surface area (Å²) < 4.78 is 30.1. The molecule has 0 atom stereocenters. The number of fused-ring (bicyclic) bond motifs is 1. The number of hydrogen-bond acceptors (Lipinski definition) is 3. The van der Waals surface area contributed by atoms with Crippen LogP contribution in [0.25, 0.3) is 10.8 Å². The molecule has 0 unspecified atom stereocenters. The van der Waals surface area contributed by atoms with Crippen LogP contribution in [0.1, 0.15) is 5.56 Å². The van der Waals surface area contributed by atoms with Gasteiger partial charge < -0.3 is 0 Å². The van der Waals surface area contributed by atoms with Gasteiger partial charge in [-0.2, -0.15) is 5.10 Å². The maximum absolute atomic E-state index is 12.5. The van der Waals surface area contributed by atoms with Gasteiger partial charge in [-0.15, -0.1) is 0 Å². The summed E-state index contributed by atoms with van der Waals surface area (Å²) in [7, 11) is -3.65. The van der Waals surface area contributed by atoms with Crippen molar-refractivity contribution in [2.24, 2.45) is 0 Å². The Hall–Kier alpha value is -2.64. The summed E-state index contributed by atoms with van der Waals surface area (Å²) in [5.74, 6) is 0. The molecular formula is C20H16BrN3O2S. The van der Waals surface area contributed by atoms with E-state index in [-0.39, 0.29) is 4.90 Å². The second-order valence-electron chi connectivity index (χ2n) is 6.12. The van der Waals surface area contributed by atoms with Gasteiger partial charge in [-0.25, -0.2) is 8.42 Å². The van der Waals surface area contributed by atoms with E-state index in [0.717, 1.165) is 15.4 Å². The average molecular weight is 442 g/mol. The number of rotatable bonds is 5. The lowest BCUT2D eigenvalue weighted by molar-refractivity contribution is 0.601. The summed E-state index contributed by atoms with van der Waals surface area (Å²) in [4.78, 5) is 0.201. The molecular weight excluding hydrogens is 426 g/mol. The summed E-state index contributed by atoms with van der Waals surface area (Å²) in [6.45, 7) is 0.557. The number of benzene rings is 3. The van der Waals surface area contributed by atoms with E-state index in [1.807, 2.05) is 18.2 Å². The van der Waals surface area contributed by atoms with Gasteiger partial charge in [0, 0.05) is 10.7 Å². The van der Waals surface area contributed by atoms with Crippen LogP contribution in [0.15, 0.2) is 88.5 Å². The Morgan fingerprint density at radius 2 is 1.70 bits per heavy atom. The zero-order valence-corrected chi connectivity index (χ0v) is 16.6. The average Bonchev–Trinajstić information content (AvgIpc) is 3.08. The molecule has 1 heterocycles. The molecule has 27 heavy (non-hydrogen) atoms. The second kappa shape index (κ2) is 7.17. The van der Waals surface area contributed by atoms with Crippen molar-refractivity contribution in [1.82, 2.24) is 9.78 Å². The van der Waals surface area contributed by atoms with Gasteiger partial charge in [0.1, 0.15) is 0 Å². The van der Waals surface area contributed by atoms with Crippen molar-refractivity contribution in [3.8, 4) is 0 Å². The summed E-state index contributed by atoms with van der Waals surface area (Å²) >= 11 is 3.30. The summed E-state index contributed by atoms with van der Waals surface area (Å²) in [5.41, 5.74) is 1.55. The zero-order chi connectivity index (χ0) is 18.9. The third-order valence-corrected chi connectivity index (χ3v) is 6.15. The first-order valence-corrected chi connectivity index (χ1v) is 10.6. The van der Waals surface area contributed by atoms with Crippen LogP contribution in [-0.4, -0.2) is 18.2 Å². The first-order chi connectivity index (χ1) is 13.0. The van der Waals surface area contributed by atoms with Crippen molar-refractivity contribution >= 4 is 42.4 Å². The molecule has 0 saturated carbocycles. The van der Waals surface area contributed by atoms with Crippen LogP contribution in [0.3, 0.4) is 0 Å². The number of anilines is 1. The molecule has 0 bridgehead atoms. The van der Waals surface area contributed by atoms with Gasteiger partial charge in [0.2, 0.25) is 0 Å². The standard InChI is InChI=1S/C20H16BrN3O2S/c21-17-8-10-19(11-9-17)27(25,26)23-18-12-22-24(14-18)13-16-6-3-5-15-4-1-2-7-20(15)16/h1-12,14,23H,13H2. The molecule has 4 rings (SSSR count). The van der Waals surface area contributed by atoms with Gasteiger partial charge in [-0.05, 0) is 40.6 Å². The van der Waals surface area contributed by atoms with Crippen molar-refractivity contribution in [2.45, 2.75) is 11.4 Å².